The second kappa shape index (κ2) is 3.62. The minimum Gasteiger partial charge on any atom is -0.281 e. The van der Waals surface area contributed by atoms with E-state index in [1.54, 1.807) is 12.4 Å². The monoisotopic (exact) mass is 196 g/mol. The zero-order valence-electron chi connectivity index (χ0n) is 6.94. The van der Waals surface area contributed by atoms with Gasteiger partial charge >= 0.3 is 0 Å². The van der Waals surface area contributed by atoms with Crippen LogP contribution >= 0.6 is 11.6 Å². The van der Waals surface area contributed by atoms with Gasteiger partial charge in [0.05, 0.1) is 23.8 Å². The molecular weight excluding hydrogens is 188 g/mol. The molecule has 2 heterocycles. The second-order valence-electron chi connectivity index (χ2n) is 2.70. The quantitative estimate of drug-likeness (QED) is 0.755. The molecule has 0 radical (unpaired) electrons. The number of rotatable bonds is 3. The Morgan fingerprint density at radius 1 is 1.38 bits per heavy atom. The van der Waals surface area contributed by atoms with Crippen molar-refractivity contribution in [2.75, 3.05) is 0 Å². The van der Waals surface area contributed by atoms with Crippen molar-refractivity contribution in [1.82, 2.24) is 20.0 Å². The summed E-state index contributed by atoms with van der Waals surface area (Å²) in [6.07, 6.45) is 3.47. The summed E-state index contributed by atoms with van der Waals surface area (Å²) in [5.41, 5.74) is 2.03. The van der Waals surface area contributed by atoms with Gasteiger partial charge in [0.1, 0.15) is 0 Å². The Morgan fingerprint density at radius 2 is 2.31 bits per heavy atom. The maximum atomic E-state index is 5.73. The standard InChI is InChI=1S/C8H9ClN4/c9-5-8-2-4-11-13(8)6-7-1-3-10-12-7/h1-4H,5-6H2,(H,10,12). The van der Waals surface area contributed by atoms with Gasteiger partial charge in [0, 0.05) is 12.4 Å². The first-order chi connectivity index (χ1) is 6.40. The van der Waals surface area contributed by atoms with Crippen LogP contribution in [-0.2, 0) is 12.4 Å². The smallest absolute Gasteiger partial charge is 0.0829 e. The Balaban J connectivity index is 2.18. The number of H-pyrrole nitrogens is 1. The topological polar surface area (TPSA) is 46.5 Å². The van der Waals surface area contributed by atoms with E-state index in [1.165, 1.54) is 0 Å². The summed E-state index contributed by atoms with van der Waals surface area (Å²) in [4.78, 5) is 0. The molecule has 0 aliphatic carbocycles. The summed E-state index contributed by atoms with van der Waals surface area (Å²) >= 11 is 5.73. The zero-order valence-corrected chi connectivity index (χ0v) is 7.70. The Labute approximate surface area is 80.5 Å². The highest BCUT2D eigenvalue weighted by Gasteiger charge is 2.01. The molecule has 0 amide bonds. The summed E-state index contributed by atoms with van der Waals surface area (Å²) < 4.78 is 1.85. The maximum absolute atomic E-state index is 5.73. The van der Waals surface area contributed by atoms with Gasteiger partial charge in [-0.3, -0.25) is 9.78 Å². The summed E-state index contributed by atoms with van der Waals surface area (Å²) in [6.45, 7) is 0.690. The number of nitrogens with one attached hydrogen (secondary N) is 1. The van der Waals surface area contributed by atoms with E-state index in [2.05, 4.69) is 15.3 Å². The third kappa shape index (κ3) is 1.72. The van der Waals surface area contributed by atoms with Gasteiger partial charge in [-0.25, -0.2) is 0 Å². The number of alkyl halides is 1. The average Bonchev–Trinajstić information content (AvgIpc) is 2.76. The van der Waals surface area contributed by atoms with E-state index in [1.807, 2.05) is 16.8 Å². The first-order valence-electron chi connectivity index (χ1n) is 3.95. The molecule has 1 N–H and O–H groups in total. The van der Waals surface area contributed by atoms with Gasteiger partial charge in [-0.1, -0.05) is 0 Å². The highest BCUT2D eigenvalue weighted by Crippen LogP contribution is 2.05. The molecule has 0 saturated carbocycles. The highest BCUT2D eigenvalue weighted by molar-refractivity contribution is 6.16. The molecule has 0 saturated heterocycles. The van der Waals surface area contributed by atoms with Gasteiger partial charge in [-0.15, -0.1) is 11.6 Å². The van der Waals surface area contributed by atoms with Crippen molar-refractivity contribution in [3.05, 3.63) is 35.9 Å². The largest absolute Gasteiger partial charge is 0.281 e. The van der Waals surface area contributed by atoms with Gasteiger partial charge < -0.3 is 0 Å². The number of halogens is 1. The molecule has 0 fully saturated rings. The Bertz CT molecular complexity index is 365. The van der Waals surface area contributed by atoms with Crippen LogP contribution in [0.5, 0.6) is 0 Å². The average molecular weight is 197 g/mol. The van der Waals surface area contributed by atoms with E-state index in [0.717, 1.165) is 11.4 Å². The van der Waals surface area contributed by atoms with E-state index in [4.69, 9.17) is 11.6 Å². The van der Waals surface area contributed by atoms with Crippen molar-refractivity contribution < 1.29 is 0 Å². The van der Waals surface area contributed by atoms with E-state index in [0.29, 0.717) is 12.4 Å². The van der Waals surface area contributed by atoms with E-state index >= 15 is 0 Å². The van der Waals surface area contributed by atoms with Gasteiger partial charge in [-0.2, -0.15) is 10.2 Å². The molecule has 0 aliphatic rings. The predicted molar refractivity (Wildman–Crippen MR) is 49.5 cm³/mol. The van der Waals surface area contributed by atoms with Crippen LogP contribution in [0, 0.1) is 0 Å². The number of aromatic nitrogens is 4. The van der Waals surface area contributed by atoms with E-state index < -0.39 is 0 Å². The van der Waals surface area contributed by atoms with Crippen molar-refractivity contribution in [3.8, 4) is 0 Å². The molecule has 2 rings (SSSR count). The molecule has 0 aromatic carbocycles. The van der Waals surface area contributed by atoms with Gasteiger partial charge in [0.15, 0.2) is 0 Å². The van der Waals surface area contributed by atoms with Crippen LogP contribution in [0.3, 0.4) is 0 Å². The minimum atomic E-state index is 0.480. The van der Waals surface area contributed by atoms with Gasteiger partial charge in [0.2, 0.25) is 0 Å². The molecule has 68 valence electrons. The highest BCUT2D eigenvalue weighted by atomic mass is 35.5. The molecule has 2 aromatic heterocycles. The lowest BCUT2D eigenvalue weighted by Gasteiger charge is -2.02. The van der Waals surface area contributed by atoms with E-state index in [9.17, 15) is 0 Å². The minimum absolute atomic E-state index is 0.480. The predicted octanol–water partition coefficient (Wildman–Crippen LogP) is 1.39. The lowest BCUT2D eigenvalue weighted by atomic mass is 10.4. The maximum Gasteiger partial charge on any atom is 0.0829 e. The fourth-order valence-electron chi connectivity index (χ4n) is 1.15. The van der Waals surface area contributed by atoms with Gasteiger partial charge in [-0.05, 0) is 12.1 Å². The first kappa shape index (κ1) is 8.31. The van der Waals surface area contributed by atoms with Crippen LogP contribution in [0.25, 0.3) is 0 Å². The lowest BCUT2D eigenvalue weighted by Crippen LogP contribution is -2.05. The number of hydrogen-bond donors (Lipinski definition) is 1. The summed E-state index contributed by atoms with van der Waals surface area (Å²) in [7, 11) is 0. The SMILES string of the molecule is ClCc1ccnn1Cc1ccn[nH]1. The van der Waals surface area contributed by atoms with Crippen LogP contribution < -0.4 is 0 Å². The van der Waals surface area contributed by atoms with Crippen molar-refractivity contribution in [3.63, 3.8) is 0 Å². The van der Waals surface area contributed by atoms with Crippen molar-refractivity contribution in [2.24, 2.45) is 0 Å². The molecule has 0 spiro atoms. The molecule has 13 heavy (non-hydrogen) atoms. The summed E-state index contributed by atoms with van der Waals surface area (Å²) in [5.74, 6) is 0.480. The van der Waals surface area contributed by atoms with Crippen LogP contribution in [0.1, 0.15) is 11.4 Å². The van der Waals surface area contributed by atoms with Gasteiger partial charge in [0.25, 0.3) is 0 Å². The van der Waals surface area contributed by atoms with Crippen LogP contribution in [0.15, 0.2) is 24.5 Å². The Morgan fingerprint density at radius 3 is 3.00 bits per heavy atom. The molecule has 0 unspecified atom stereocenters. The molecule has 0 atom stereocenters. The third-order valence-electron chi connectivity index (χ3n) is 1.82. The van der Waals surface area contributed by atoms with Crippen LogP contribution in [0.2, 0.25) is 0 Å². The lowest BCUT2D eigenvalue weighted by molar-refractivity contribution is 0.647. The normalized spacial score (nSPS) is 10.5. The molecular formula is C8H9ClN4. The fourth-order valence-corrected chi connectivity index (χ4v) is 1.38. The molecule has 5 heteroatoms. The fraction of sp³-hybridized carbons (Fsp3) is 0.250. The molecule has 4 nitrogen and oxygen atoms in total. The van der Waals surface area contributed by atoms with Crippen LogP contribution in [-0.4, -0.2) is 20.0 Å². The zero-order chi connectivity index (χ0) is 9.10. The number of aromatic amines is 1. The molecule has 0 bridgehead atoms. The molecule has 0 aliphatic heterocycles. The number of nitrogens with zero attached hydrogens (tertiary/aromatic N) is 3. The van der Waals surface area contributed by atoms with Crippen LogP contribution in [0.4, 0.5) is 0 Å². The Hall–Kier alpha value is -1.29. The van der Waals surface area contributed by atoms with E-state index in [-0.39, 0.29) is 0 Å². The second-order valence-corrected chi connectivity index (χ2v) is 2.96. The number of hydrogen-bond acceptors (Lipinski definition) is 2. The summed E-state index contributed by atoms with van der Waals surface area (Å²) in [5, 5.41) is 10.9. The third-order valence-corrected chi connectivity index (χ3v) is 2.09. The van der Waals surface area contributed by atoms with Crippen molar-refractivity contribution in [2.45, 2.75) is 12.4 Å². The molecule has 2 aromatic rings. The Kier molecular flexibility index (Phi) is 2.31. The van der Waals surface area contributed by atoms with Crippen molar-refractivity contribution >= 4 is 11.6 Å². The van der Waals surface area contributed by atoms with Crippen molar-refractivity contribution in [1.29, 1.82) is 0 Å². The first-order valence-corrected chi connectivity index (χ1v) is 4.48. The summed E-state index contributed by atoms with van der Waals surface area (Å²) in [6, 6.07) is 3.82.